The summed E-state index contributed by atoms with van der Waals surface area (Å²) in [7, 11) is -1.27. The molecule has 2 aromatic carbocycles. The van der Waals surface area contributed by atoms with Gasteiger partial charge in [0.15, 0.2) is 0 Å². The Labute approximate surface area is 207 Å². The summed E-state index contributed by atoms with van der Waals surface area (Å²) in [6.07, 6.45) is 0. The number of nitrogens with one attached hydrogen (secondary N) is 1. The number of piperazine rings is 1. The van der Waals surface area contributed by atoms with E-state index in [4.69, 9.17) is 11.6 Å². The van der Waals surface area contributed by atoms with Crippen LogP contribution >= 0.6 is 11.6 Å². The van der Waals surface area contributed by atoms with Crippen LogP contribution in [-0.4, -0.2) is 60.6 Å². The van der Waals surface area contributed by atoms with Crippen molar-refractivity contribution in [2.24, 2.45) is 14.1 Å². The van der Waals surface area contributed by atoms with Gasteiger partial charge in [0.2, 0.25) is 15.9 Å². The van der Waals surface area contributed by atoms with Crippen LogP contribution < -0.4 is 20.9 Å². The Kier molecular flexibility index (Phi) is 6.76. The van der Waals surface area contributed by atoms with Gasteiger partial charge in [0, 0.05) is 51.0 Å². The van der Waals surface area contributed by atoms with Crippen LogP contribution in [0.5, 0.6) is 0 Å². The normalized spacial score (nSPS) is 15.4. The zero-order valence-corrected chi connectivity index (χ0v) is 21.1. The molecule has 1 aliphatic heterocycles. The maximum absolute atomic E-state index is 13.0. The molecule has 0 bridgehead atoms. The van der Waals surface area contributed by atoms with Crippen LogP contribution in [0.1, 0.15) is 6.92 Å². The molecule has 0 spiro atoms. The summed E-state index contributed by atoms with van der Waals surface area (Å²) in [5.74, 6) is -0.330. The van der Waals surface area contributed by atoms with E-state index in [2.05, 4.69) is 9.62 Å². The van der Waals surface area contributed by atoms with Crippen molar-refractivity contribution in [2.45, 2.75) is 17.9 Å². The largest absolute Gasteiger partial charge is 0.368 e. The predicted molar refractivity (Wildman–Crippen MR) is 134 cm³/mol. The molecule has 12 heteroatoms. The molecule has 4 rings (SSSR count). The van der Waals surface area contributed by atoms with E-state index in [9.17, 15) is 22.8 Å². The summed E-state index contributed by atoms with van der Waals surface area (Å²) in [5.41, 5.74) is 0.226. The lowest BCUT2D eigenvalue weighted by atomic mass is 10.2. The van der Waals surface area contributed by atoms with Crippen molar-refractivity contribution < 1.29 is 13.2 Å². The molecule has 1 fully saturated rings. The topological polar surface area (TPSA) is 114 Å². The molecule has 1 aromatic heterocycles. The summed E-state index contributed by atoms with van der Waals surface area (Å²) in [6, 6.07) is 10.4. The first-order valence-corrected chi connectivity index (χ1v) is 12.9. The van der Waals surface area contributed by atoms with Crippen molar-refractivity contribution in [1.29, 1.82) is 0 Å². The highest BCUT2D eigenvalue weighted by Gasteiger charge is 2.29. The summed E-state index contributed by atoms with van der Waals surface area (Å²) < 4.78 is 30.6. The number of fused-ring (bicyclic) bond motifs is 1. The van der Waals surface area contributed by atoms with Crippen molar-refractivity contribution in [1.82, 2.24) is 18.8 Å². The zero-order chi connectivity index (χ0) is 25.5. The Morgan fingerprint density at radius 1 is 0.971 bits per heavy atom. The minimum Gasteiger partial charge on any atom is -0.368 e. The monoisotopic (exact) mass is 519 g/mol. The van der Waals surface area contributed by atoms with E-state index >= 15 is 0 Å². The van der Waals surface area contributed by atoms with Crippen LogP contribution in [-0.2, 0) is 28.9 Å². The van der Waals surface area contributed by atoms with Crippen molar-refractivity contribution in [3.8, 4) is 0 Å². The number of amides is 1. The van der Waals surface area contributed by atoms with Crippen LogP contribution in [0.3, 0.4) is 0 Å². The van der Waals surface area contributed by atoms with Gasteiger partial charge in [-0.2, -0.15) is 4.72 Å². The molecule has 1 aliphatic rings. The van der Waals surface area contributed by atoms with Gasteiger partial charge < -0.3 is 9.80 Å². The third-order valence-electron chi connectivity index (χ3n) is 6.23. The second-order valence-electron chi connectivity index (χ2n) is 8.52. The number of benzene rings is 2. The zero-order valence-electron chi connectivity index (χ0n) is 19.6. The maximum Gasteiger partial charge on any atom is 0.330 e. The lowest BCUT2D eigenvalue weighted by Gasteiger charge is -2.37. The summed E-state index contributed by atoms with van der Waals surface area (Å²) in [4.78, 5) is 41.2. The number of halogens is 1. The van der Waals surface area contributed by atoms with Crippen molar-refractivity contribution in [3.05, 3.63) is 68.3 Å². The maximum atomic E-state index is 13.0. The van der Waals surface area contributed by atoms with Gasteiger partial charge in [0.1, 0.15) is 0 Å². The van der Waals surface area contributed by atoms with Crippen LogP contribution in [0.4, 0.5) is 5.69 Å². The van der Waals surface area contributed by atoms with E-state index in [0.717, 1.165) is 10.3 Å². The Morgan fingerprint density at radius 2 is 1.60 bits per heavy atom. The number of rotatable bonds is 5. The second kappa shape index (κ2) is 9.48. The summed E-state index contributed by atoms with van der Waals surface area (Å²) >= 11 is 5.95. The Morgan fingerprint density at radius 3 is 2.23 bits per heavy atom. The quantitative estimate of drug-likeness (QED) is 0.536. The molecule has 1 amide bonds. The average molecular weight is 520 g/mol. The fourth-order valence-electron chi connectivity index (χ4n) is 4.20. The van der Waals surface area contributed by atoms with Crippen LogP contribution in [0.2, 0.25) is 5.02 Å². The fourth-order valence-corrected chi connectivity index (χ4v) is 5.55. The molecule has 35 heavy (non-hydrogen) atoms. The van der Waals surface area contributed by atoms with E-state index in [1.165, 1.54) is 43.8 Å². The van der Waals surface area contributed by atoms with Gasteiger partial charge in [-0.05, 0) is 49.4 Å². The molecule has 1 N–H and O–H groups in total. The number of hydrogen-bond donors (Lipinski definition) is 1. The molecule has 0 saturated carbocycles. The van der Waals surface area contributed by atoms with Crippen LogP contribution in [0.25, 0.3) is 10.9 Å². The van der Waals surface area contributed by atoms with Crippen molar-refractivity contribution >= 4 is 44.1 Å². The first kappa shape index (κ1) is 25.0. The first-order chi connectivity index (χ1) is 16.5. The SMILES string of the molecule is C[C@@H](NS(=O)(=O)c1ccc2c(c1)c(=O)n(C)c(=O)n2C)C(=O)N1CCN(c2ccc(Cl)cc2)CC1. The summed E-state index contributed by atoms with van der Waals surface area (Å²) in [6.45, 7) is 3.62. The van der Waals surface area contributed by atoms with E-state index < -0.39 is 27.3 Å². The van der Waals surface area contributed by atoms with Crippen LogP contribution in [0.15, 0.2) is 56.9 Å². The van der Waals surface area contributed by atoms with Gasteiger partial charge >= 0.3 is 5.69 Å². The van der Waals surface area contributed by atoms with Gasteiger partial charge in [0.25, 0.3) is 5.56 Å². The van der Waals surface area contributed by atoms with E-state index in [0.29, 0.717) is 36.7 Å². The van der Waals surface area contributed by atoms with E-state index in [-0.39, 0.29) is 16.2 Å². The lowest BCUT2D eigenvalue weighted by molar-refractivity contribution is -0.132. The number of carbonyl (C=O) groups excluding carboxylic acids is 1. The van der Waals surface area contributed by atoms with Gasteiger partial charge in [-0.25, -0.2) is 13.2 Å². The molecule has 0 radical (unpaired) electrons. The molecule has 0 unspecified atom stereocenters. The predicted octanol–water partition coefficient (Wildman–Crippen LogP) is 0.906. The Bertz CT molecular complexity index is 1510. The lowest BCUT2D eigenvalue weighted by Crippen LogP contribution is -2.54. The summed E-state index contributed by atoms with van der Waals surface area (Å²) in [5, 5.41) is 0.745. The minimum atomic E-state index is -4.10. The number of aryl methyl sites for hydroxylation is 1. The molecule has 0 aliphatic carbocycles. The average Bonchev–Trinajstić information content (AvgIpc) is 2.85. The molecular weight excluding hydrogens is 494 g/mol. The number of aromatic nitrogens is 2. The minimum absolute atomic E-state index is 0.0924. The smallest absolute Gasteiger partial charge is 0.330 e. The Hall–Kier alpha value is -3.15. The highest BCUT2D eigenvalue weighted by Crippen LogP contribution is 2.20. The third kappa shape index (κ3) is 4.84. The Balaban J connectivity index is 1.47. The number of nitrogens with zero attached hydrogens (tertiary/aromatic N) is 4. The van der Waals surface area contributed by atoms with Gasteiger partial charge in [-0.15, -0.1) is 0 Å². The molecule has 186 valence electrons. The molecule has 1 saturated heterocycles. The number of hydrogen-bond acceptors (Lipinski definition) is 6. The first-order valence-electron chi connectivity index (χ1n) is 11.0. The highest BCUT2D eigenvalue weighted by atomic mass is 35.5. The van der Waals surface area contributed by atoms with E-state index in [1.54, 1.807) is 4.90 Å². The van der Waals surface area contributed by atoms with Gasteiger partial charge in [-0.1, -0.05) is 11.6 Å². The molecule has 2 heterocycles. The van der Waals surface area contributed by atoms with Crippen LogP contribution in [0, 0.1) is 0 Å². The van der Waals surface area contributed by atoms with Crippen molar-refractivity contribution in [3.63, 3.8) is 0 Å². The standard InChI is InChI=1S/C23H26ClN5O5S/c1-15(21(30)29-12-10-28(11-13-29)17-6-4-16(24)5-7-17)25-35(33,34)18-8-9-20-19(14-18)22(31)27(3)23(32)26(20)2/h4-9,14-15,25H,10-13H2,1-3H3/t15-/m1/s1. The highest BCUT2D eigenvalue weighted by molar-refractivity contribution is 7.89. The number of anilines is 1. The van der Waals surface area contributed by atoms with Gasteiger partial charge in [0.05, 0.1) is 21.8 Å². The van der Waals surface area contributed by atoms with E-state index in [1.807, 2.05) is 24.3 Å². The fraction of sp³-hybridized carbons (Fsp3) is 0.348. The second-order valence-corrected chi connectivity index (χ2v) is 10.7. The molecule has 1 atom stereocenters. The third-order valence-corrected chi connectivity index (χ3v) is 8.02. The van der Waals surface area contributed by atoms with Crippen molar-refractivity contribution in [2.75, 3.05) is 31.1 Å². The number of carbonyl (C=O) groups is 1. The molecular formula is C23H26ClN5O5S. The van der Waals surface area contributed by atoms with Gasteiger partial charge in [-0.3, -0.25) is 18.7 Å². The number of sulfonamides is 1. The molecule has 10 nitrogen and oxygen atoms in total. The molecule has 3 aromatic rings.